The molecule has 4 nitrogen and oxygen atoms in total. The second-order valence-electron chi connectivity index (χ2n) is 7.89. The fourth-order valence-electron chi connectivity index (χ4n) is 4.50. The topological polar surface area (TPSA) is 58.2 Å². The Hall–Kier alpha value is -2.47. The summed E-state index contributed by atoms with van der Waals surface area (Å²) in [4.78, 5) is 0.239. The van der Waals surface area contributed by atoms with Gasteiger partial charge in [-0.15, -0.1) is 0 Å². The molecule has 2 N–H and O–H groups in total. The molecule has 0 radical (unpaired) electrons. The number of halogens is 2. The van der Waals surface area contributed by atoms with Crippen molar-refractivity contribution in [3.05, 3.63) is 100 Å². The molecular formula is C24H20Cl2N2O2S. The third-order valence-corrected chi connectivity index (χ3v) is 7.81. The van der Waals surface area contributed by atoms with Crippen LogP contribution >= 0.6 is 23.2 Å². The quantitative estimate of drug-likeness (QED) is 0.421. The number of anilines is 2. The molecule has 0 spiro atoms. The molecule has 1 heterocycles. The molecule has 0 bridgehead atoms. The SMILES string of the molecule is O=S(=O)(Nc1ccc(Cl)cc1)c1ccc2c(c1)[C@H]1C=CC[C@H]1[C@@H](c1cccc(Cl)c1)N2. The molecule has 1 aliphatic carbocycles. The fraction of sp³-hybridized carbons (Fsp3) is 0.167. The average molecular weight is 471 g/mol. The van der Waals surface area contributed by atoms with Gasteiger partial charge in [0.05, 0.1) is 10.9 Å². The second-order valence-corrected chi connectivity index (χ2v) is 10.4. The van der Waals surface area contributed by atoms with Crippen LogP contribution in [-0.4, -0.2) is 8.42 Å². The second kappa shape index (κ2) is 7.90. The number of allylic oxidation sites excluding steroid dienone is 2. The van der Waals surface area contributed by atoms with Crippen LogP contribution in [0.25, 0.3) is 0 Å². The lowest BCUT2D eigenvalue weighted by Crippen LogP contribution is -2.29. The van der Waals surface area contributed by atoms with Gasteiger partial charge in [-0.1, -0.05) is 47.5 Å². The van der Waals surface area contributed by atoms with E-state index in [2.05, 4.69) is 28.3 Å². The minimum atomic E-state index is -3.72. The van der Waals surface area contributed by atoms with Crippen molar-refractivity contribution in [3.63, 3.8) is 0 Å². The van der Waals surface area contributed by atoms with E-state index in [4.69, 9.17) is 23.2 Å². The molecule has 3 atom stereocenters. The summed E-state index contributed by atoms with van der Waals surface area (Å²) in [5.74, 6) is 0.444. The van der Waals surface area contributed by atoms with Gasteiger partial charge in [0.25, 0.3) is 10.0 Å². The zero-order valence-corrected chi connectivity index (χ0v) is 18.8. The molecule has 2 aliphatic rings. The van der Waals surface area contributed by atoms with Gasteiger partial charge in [-0.05, 0) is 78.1 Å². The molecule has 5 rings (SSSR count). The van der Waals surface area contributed by atoms with Gasteiger partial charge in [0.15, 0.2) is 0 Å². The third-order valence-electron chi connectivity index (χ3n) is 5.95. The number of nitrogens with one attached hydrogen (secondary N) is 2. The van der Waals surface area contributed by atoms with Crippen molar-refractivity contribution in [1.29, 1.82) is 0 Å². The molecule has 1 aliphatic heterocycles. The summed E-state index contributed by atoms with van der Waals surface area (Å²) >= 11 is 12.1. The number of fused-ring (bicyclic) bond motifs is 3. The summed E-state index contributed by atoms with van der Waals surface area (Å²) in [6.45, 7) is 0. The van der Waals surface area contributed by atoms with Crippen molar-refractivity contribution in [2.45, 2.75) is 23.3 Å². The standard InChI is InChI=1S/C24H20Cl2N2O2S/c25-16-7-9-18(10-8-16)28-31(29,30)19-11-12-23-22(14-19)20-5-2-6-21(20)24(27-23)15-3-1-4-17(26)13-15/h1-5,7-14,20-21,24,27-28H,6H2/t20-,21+,24+/m0/s1. The van der Waals surface area contributed by atoms with E-state index in [0.29, 0.717) is 21.7 Å². The average Bonchev–Trinajstić information content (AvgIpc) is 3.24. The summed E-state index contributed by atoms with van der Waals surface area (Å²) in [6.07, 6.45) is 5.29. The van der Waals surface area contributed by atoms with E-state index in [1.165, 1.54) is 0 Å². The van der Waals surface area contributed by atoms with Crippen LogP contribution in [0, 0.1) is 5.92 Å². The summed E-state index contributed by atoms with van der Waals surface area (Å²) in [6, 6.07) is 19.9. The Kier molecular flexibility index (Phi) is 5.21. The first-order chi connectivity index (χ1) is 14.9. The Morgan fingerprint density at radius 2 is 1.74 bits per heavy atom. The zero-order valence-electron chi connectivity index (χ0n) is 16.4. The van der Waals surface area contributed by atoms with Gasteiger partial charge in [-0.2, -0.15) is 0 Å². The van der Waals surface area contributed by atoms with E-state index < -0.39 is 10.0 Å². The summed E-state index contributed by atoms with van der Waals surface area (Å²) in [7, 11) is -3.72. The number of hydrogen-bond donors (Lipinski definition) is 2. The van der Waals surface area contributed by atoms with E-state index >= 15 is 0 Å². The molecule has 31 heavy (non-hydrogen) atoms. The van der Waals surface area contributed by atoms with Gasteiger partial charge in [-0.25, -0.2) is 8.42 Å². The summed E-state index contributed by atoms with van der Waals surface area (Å²) in [5.41, 5.74) is 3.55. The predicted molar refractivity (Wildman–Crippen MR) is 127 cm³/mol. The van der Waals surface area contributed by atoms with Crippen molar-refractivity contribution in [2.75, 3.05) is 10.0 Å². The molecule has 0 saturated heterocycles. The van der Waals surface area contributed by atoms with Crippen LogP contribution in [-0.2, 0) is 10.0 Å². The molecule has 158 valence electrons. The lowest BCUT2D eigenvalue weighted by molar-refractivity contribution is 0.425. The molecule has 0 aromatic heterocycles. The first kappa shape index (κ1) is 20.4. The van der Waals surface area contributed by atoms with Gasteiger partial charge in [0.1, 0.15) is 0 Å². The van der Waals surface area contributed by atoms with E-state index in [9.17, 15) is 8.42 Å². The number of sulfonamides is 1. The Bertz CT molecular complexity index is 1270. The van der Waals surface area contributed by atoms with Crippen molar-refractivity contribution < 1.29 is 8.42 Å². The van der Waals surface area contributed by atoms with E-state index in [1.807, 2.05) is 24.3 Å². The van der Waals surface area contributed by atoms with E-state index in [0.717, 1.165) is 23.2 Å². The summed E-state index contributed by atoms with van der Waals surface area (Å²) in [5, 5.41) is 4.88. The minimum Gasteiger partial charge on any atom is -0.378 e. The van der Waals surface area contributed by atoms with E-state index in [-0.39, 0.29) is 16.9 Å². The van der Waals surface area contributed by atoms with Crippen molar-refractivity contribution in [3.8, 4) is 0 Å². The molecule has 3 aromatic rings. The van der Waals surface area contributed by atoms with Gasteiger partial charge in [0, 0.05) is 27.3 Å². The monoisotopic (exact) mass is 470 g/mol. The van der Waals surface area contributed by atoms with Gasteiger partial charge < -0.3 is 5.32 Å². The molecule has 0 fully saturated rings. The summed E-state index contributed by atoms with van der Waals surface area (Å²) < 4.78 is 28.6. The molecular weight excluding hydrogens is 451 g/mol. The number of benzene rings is 3. The van der Waals surface area contributed by atoms with Gasteiger partial charge in [-0.3, -0.25) is 4.72 Å². The highest BCUT2D eigenvalue weighted by molar-refractivity contribution is 7.92. The van der Waals surface area contributed by atoms with Crippen LogP contribution in [0.1, 0.15) is 29.5 Å². The first-order valence-corrected chi connectivity index (χ1v) is 12.3. The van der Waals surface area contributed by atoms with Gasteiger partial charge >= 0.3 is 0 Å². The van der Waals surface area contributed by atoms with Gasteiger partial charge in [0.2, 0.25) is 0 Å². The molecule has 0 unspecified atom stereocenters. The Morgan fingerprint density at radius 1 is 0.935 bits per heavy atom. The molecule has 0 saturated carbocycles. The smallest absolute Gasteiger partial charge is 0.261 e. The maximum absolute atomic E-state index is 13.0. The van der Waals surface area contributed by atoms with Crippen LogP contribution in [0.3, 0.4) is 0 Å². The maximum Gasteiger partial charge on any atom is 0.261 e. The number of hydrogen-bond acceptors (Lipinski definition) is 3. The highest BCUT2D eigenvalue weighted by Crippen LogP contribution is 2.50. The fourth-order valence-corrected chi connectivity index (χ4v) is 5.92. The predicted octanol–water partition coefficient (Wildman–Crippen LogP) is 6.62. The highest BCUT2D eigenvalue weighted by atomic mass is 35.5. The molecule has 3 aromatic carbocycles. The van der Waals surface area contributed by atoms with Crippen molar-refractivity contribution in [2.24, 2.45) is 5.92 Å². The van der Waals surface area contributed by atoms with Crippen LogP contribution in [0.2, 0.25) is 10.0 Å². The Balaban J connectivity index is 1.49. The molecule has 7 heteroatoms. The largest absolute Gasteiger partial charge is 0.378 e. The van der Waals surface area contributed by atoms with E-state index in [1.54, 1.807) is 36.4 Å². The Labute approximate surface area is 192 Å². The lowest BCUT2D eigenvalue weighted by atomic mass is 9.77. The minimum absolute atomic E-state index is 0.112. The normalized spacial score (nSPS) is 21.8. The van der Waals surface area contributed by atoms with Crippen LogP contribution in [0.5, 0.6) is 0 Å². The number of rotatable bonds is 4. The highest BCUT2D eigenvalue weighted by Gasteiger charge is 2.38. The zero-order chi connectivity index (χ0) is 21.6. The third kappa shape index (κ3) is 3.93. The van der Waals surface area contributed by atoms with Crippen molar-refractivity contribution in [1.82, 2.24) is 0 Å². The Morgan fingerprint density at radius 3 is 2.52 bits per heavy atom. The lowest BCUT2D eigenvalue weighted by Gasteiger charge is -2.37. The maximum atomic E-state index is 13.0. The van der Waals surface area contributed by atoms with Crippen molar-refractivity contribution >= 4 is 44.6 Å². The van der Waals surface area contributed by atoms with Crippen LogP contribution in [0.15, 0.2) is 83.8 Å². The first-order valence-electron chi connectivity index (χ1n) is 10.0. The molecule has 0 amide bonds. The van der Waals surface area contributed by atoms with Crippen LogP contribution < -0.4 is 10.0 Å². The van der Waals surface area contributed by atoms with Crippen LogP contribution in [0.4, 0.5) is 11.4 Å².